The van der Waals surface area contributed by atoms with Gasteiger partial charge in [-0.05, 0) is 46.1 Å². The zero-order chi connectivity index (χ0) is 14.4. The second-order valence-electron chi connectivity index (χ2n) is 5.89. The van der Waals surface area contributed by atoms with Crippen molar-refractivity contribution in [3.05, 3.63) is 23.8 Å². The van der Waals surface area contributed by atoms with E-state index in [1.807, 2.05) is 27.7 Å². The Morgan fingerprint density at radius 1 is 1.16 bits per heavy atom. The van der Waals surface area contributed by atoms with Crippen LogP contribution in [-0.4, -0.2) is 29.2 Å². The van der Waals surface area contributed by atoms with Crippen molar-refractivity contribution in [2.24, 2.45) is 0 Å². The molecular formula is C14H19BO4. The molecule has 0 radical (unpaired) electrons. The smallest absolute Gasteiger partial charge is 0.495 e. The average molecular weight is 262 g/mol. The third-order valence-corrected chi connectivity index (χ3v) is 3.93. The summed E-state index contributed by atoms with van der Waals surface area (Å²) in [5.41, 5.74) is -0.110. The molecule has 1 aliphatic rings. The Balaban J connectivity index is 2.46. The van der Waals surface area contributed by atoms with Crippen LogP contribution in [0.25, 0.3) is 0 Å². The summed E-state index contributed by atoms with van der Waals surface area (Å²) in [5, 5.41) is 9.85. The first-order valence-electron chi connectivity index (χ1n) is 6.34. The maximum Gasteiger partial charge on any atom is 0.495 e. The van der Waals surface area contributed by atoms with Crippen molar-refractivity contribution in [1.29, 1.82) is 0 Å². The summed E-state index contributed by atoms with van der Waals surface area (Å²) in [6, 6.07) is 4.92. The summed E-state index contributed by atoms with van der Waals surface area (Å²) in [7, 11) is -0.643. The van der Waals surface area contributed by atoms with Crippen LogP contribution in [0, 0.1) is 0 Å². The normalized spacial score (nSPS) is 20.6. The van der Waals surface area contributed by atoms with Gasteiger partial charge in [-0.2, -0.15) is 0 Å². The third-order valence-electron chi connectivity index (χ3n) is 3.93. The number of aromatic hydroxyl groups is 1. The van der Waals surface area contributed by atoms with E-state index in [-0.39, 0.29) is 17.1 Å². The summed E-state index contributed by atoms with van der Waals surface area (Å²) in [5.74, 6) is -0.248. The van der Waals surface area contributed by atoms with Crippen molar-refractivity contribution in [2.75, 3.05) is 0 Å². The number of benzene rings is 1. The van der Waals surface area contributed by atoms with Gasteiger partial charge in [-0.1, -0.05) is 12.1 Å². The SMILES string of the molecule is CC(=O)c1c(O)cccc1B1OC(C)(C)C(C)(C)O1. The molecule has 1 N–H and O–H groups in total. The molecule has 0 aliphatic carbocycles. The van der Waals surface area contributed by atoms with E-state index in [1.165, 1.54) is 13.0 Å². The van der Waals surface area contributed by atoms with Gasteiger partial charge in [-0.3, -0.25) is 4.79 Å². The molecule has 1 aromatic rings. The minimum absolute atomic E-state index is 0.0419. The largest absolute Gasteiger partial charge is 0.507 e. The van der Waals surface area contributed by atoms with Crippen molar-refractivity contribution < 1.29 is 19.2 Å². The molecule has 0 atom stereocenters. The van der Waals surface area contributed by atoms with E-state index in [0.29, 0.717) is 5.46 Å². The number of rotatable bonds is 2. The van der Waals surface area contributed by atoms with Crippen LogP contribution >= 0.6 is 0 Å². The monoisotopic (exact) mass is 262 g/mol. The van der Waals surface area contributed by atoms with Gasteiger partial charge in [0.1, 0.15) is 5.75 Å². The van der Waals surface area contributed by atoms with Crippen molar-refractivity contribution in [1.82, 2.24) is 0 Å². The van der Waals surface area contributed by atoms with Crippen LogP contribution < -0.4 is 5.46 Å². The van der Waals surface area contributed by atoms with Gasteiger partial charge in [0, 0.05) is 0 Å². The van der Waals surface area contributed by atoms with Gasteiger partial charge >= 0.3 is 7.12 Å². The summed E-state index contributed by atoms with van der Waals surface area (Å²) >= 11 is 0. The van der Waals surface area contributed by atoms with Crippen LogP contribution in [0.15, 0.2) is 18.2 Å². The quantitative estimate of drug-likeness (QED) is 0.653. The molecule has 0 unspecified atom stereocenters. The van der Waals surface area contributed by atoms with E-state index >= 15 is 0 Å². The number of carbonyl (C=O) groups excluding carboxylic acids is 1. The summed E-state index contributed by atoms with van der Waals surface area (Å²) in [4.78, 5) is 11.7. The van der Waals surface area contributed by atoms with E-state index in [0.717, 1.165) is 0 Å². The highest BCUT2D eigenvalue weighted by atomic mass is 16.7. The molecule has 1 saturated heterocycles. The molecule has 0 saturated carbocycles. The number of ketones is 1. The lowest BCUT2D eigenvalue weighted by molar-refractivity contribution is 0.00578. The molecule has 1 heterocycles. The van der Waals surface area contributed by atoms with Gasteiger partial charge in [-0.15, -0.1) is 0 Å². The molecule has 19 heavy (non-hydrogen) atoms. The average Bonchev–Trinajstić information content (AvgIpc) is 2.47. The second-order valence-corrected chi connectivity index (χ2v) is 5.89. The van der Waals surface area contributed by atoms with Crippen LogP contribution in [0.4, 0.5) is 0 Å². The second kappa shape index (κ2) is 4.35. The van der Waals surface area contributed by atoms with E-state index in [1.54, 1.807) is 12.1 Å². The van der Waals surface area contributed by atoms with Crippen LogP contribution in [0.3, 0.4) is 0 Å². The fourth-order valence-corrected chi connectivity index (χ4v) is 2.11. The molecule has 0 spiro atoms. The number of phenolic OH excluding ortho intramolecular Hbond substituents is 1. The number of Topliss-reactive ketones (excluding diaryl/α,β-unsaturated/α-hetero) is 1. The zero-order valence-electron chi connectivity index (χ0n) is 12.0. The Labute approximate surface area is 113 Å². The van der Waals surface area contributed by atoms with Crippen LogP contribution in [0.1, 0.15) is 45.0 Å². The Morgan fingerprint density at radius 2 is 1.68 bits per heavy atom. The fraction of sp³-hybridized carbons (Fsp3) is 0.500. The Hall–Kier alpha value is -1.33. The highest BCUT2D eigenvalue weighted by Crippen LogP contribution is 2.37. The molecule has 4 nitrogen and oxygen atoms in total. The summed E-state index contributed by atoms with van der Waals surface area (Å²) in [6.45, 7) is 9.21. The molecule has 0 aromatic heterocycles. The maximum atomic E-state index is 11.7. The van der Waals surface area contributed by atoms with Crippen molar-refractivity contribution >= 4 is 18.4 Å². The van der Waals surface area contributed by atoms with E-state index in [9.17, 15) is 9.90 Å². The van der Waals surface area contributed by atoms with Gasteiger partial charge in [0.15, 0.2) is 5.78 Å². The topological polar surface area (TPSA) is 55.8 Å². The standard InChI is InChI=1S/C14H19BO4/c1-9(16)12-10(7-6-8-11(12)17)15-18-13(2,3)14(4,5)19-15/h6-8,17H,1-5H3. The lowest BCUT2D eigenvalue weighted by atomic mass is 9.75. The first kappa shape index (κ1) is 14.1. The summed E-state index contributed by atoms with van der Waals surface area (Å²) < 4.78 is 11.8. The zero-order valence-corrected chi connectivity index (χ0v) is 12.0. The first-order valence-corrected chi connectivity index (χ1v) is 6.34. The molecule has 1 aliphatic heterocycles. The van der Waals surface area contributed by atoms with Crippen LogP contribution in [-0.2, 0) is 9.31 Å². The lowest BCUT2D eigenvalue weighted by Gasteiger charge is -2.32. The van der Waals surface area contributed by atoms with Crippen molar-refractivity contribution in [3.63, 3.8) is 0 Å². The van der Waals surface area contributed by atoms with Crippen molar-refractivity contribution in [2.45, 2.75) is 45.8 Å². The summed E-state index contributed by atoms with van der Waals surface area (Å²) in [6.07, 6.45) is 0. The highest BCUT2D eigenvalue weighted by Gasteiger charge is 2.52. The van der Waals surface area contributed by atoms with Crippen LogP contribution in [0.2, 0.25) is 0 Å². The van der Waals surface area contributed by atoms with Crippen molar-refractivity contribution in [3.8, 4) is 5.75 Å². The Bertz CT molecular complexity index is 506. The van der Waals surface area contributed by atoms with E-state index in [4.69, 9.17) is 9.31 Å². The maximum absolute atomic E-state index is 11.7. The number of hydrogen-bond acceptors (Lipinski definition) is 4. The minimum atomic E-state index is -0.643. The highest BCUT2D eigenvalue weighted by molar-refractivity contribution is 6.63. The molecular weight excluding hydrogens is 243 g/mol. The predicted octanol–water partition coefficient (Wildman–Crippen LogP) is 1.89. The third kappa shape index (κ3) is 2.28. The number of phenols is 1. The lowest BCUT2D eigenvalue weighted by Crippen LogP contribution is -2.41. The molecule has 2 rings (SSSR count). The van der Waals surface area contributed by atoms with Gasteiger partial charge in [0.25, 0.3) is 0 Å². The predicted molar refractivity (Wildman–Crippen MR) is 73.8 cm³/mol. The molecule has 0 amide bonds. The van der Waals surface area contributed by atoms with Crippen LogP contribution in [0.5, 0.6) is 5.75 Å². The van der Waals surface area contributed by atoms with E-state index < -0.39 is 18.3 Å². The molecule has 1 aromatic carbocycles. The van der Waals surface area contributed by atoms with E-state index in [2.05, 4.69) is 0 Å². The molecule has 0 bridgehead atoms. The fourth-order valence-electron chi connectivity index (χ4n) is 2.11. The first-order chi connectivity index (χ1) is 8.66. The Morgan fingerprint density at radius 3 is 2.16 bits per heavy atom. The van der Waals surface area contributed by atoms with Gasteiger partial charge in [0.05, 0.1) is 16.8 Å². The van der Waals surface area contributed by atoms with Gasteiger partial charge in [-0.25, -0.2) is 0 Å². The molecule has 5 heteroatoms. The molecule has 102 valence electrons. The van der Waals surface area contributed by atoms with Gasteiger partial charge in [0.2, 0.25) is 0 Å². The Kier molecular flexibility index (Phi) is 3.23. The minimum Gasteiger partial charge on any atom is -0.507 e. The number of hydrogen-bond donors (Lipinski definition) is 1. The molecule has 1 fully saturated rings. The van der Waals surface area contributed by atoms with Gasteiger partial charge < -0.3 is 14.4 Å². The number of carbonyl (C=O) groups is 1.